The predicted octanol–water partition coefficient (Wildman–Crippen LogP) is 6.27. The smallest absolute Gasteiger partial charge is 0.380 e. The molecular formula is C30H33F3N4O2. The first-order chi connectivity index (χ1) is 18.7. The van der Waals surface area contributed by atoms with Gasteiger partial charge < -0.3 is 19.9 Å². The van der Waals surface area contributed by atoms with Gasteiger partial charge in [-0.15, -0.1) is 0 Å². The molecule has 2 aliphatic rings. The summed E-state index contributed by atoms with van der Waals surface area (Å²) in [5.41, 5.74) is 4.08. The molecule has 0 spiro atoms. The lowest BCUT2D eigenvalue weighted by atomic mass is 9.92. The van der Waals surface area contributed by atoms with Crippen molar-refractivity contribution in [3.63, 3.8) is 0 Å². The van der Waals surface area contributed by atoms with E-state index in [0.717, 1.165) is 80.1 Å². The molecule has 0 bridgehead atoms. The summed E-state index contributed by atoms with van der Waals surface area (Å²) in [7, 11) is 1.76. The number of hydrogen-bond donors (Lipinski definition) is 1. The number of nitrogens with one attached hydrogen (secondary N) is 1. The van der Waals surface area contributed by atoms with E-state index in [2.05, 4.69) is 26.2 Å². The van der Waals surface area contributed by atoms with Gasteiger partial charge in [-0.25, -0.2) is 0 Å². The Labute approximate surface area is 226 Å². The van der Waals surface area contributed by atoms with Gasteiger partial charge in [0.15, 0.2) is 0 Å². The normalized spacial score (nSPS) is 19.8. The van der Waals surface area contributed by atoms with Crippen LogP contribution in [-0.2, 0) is 10.9 Å². The number of rotatable bonds is 6. The van der Waals surface area contributed by atoms with Crippen molar-refractivity contribution in [3.05, 3.63) is 83.2 Å². The summed E-state index contributed by atoms with van der Waals surface area (Å²) in [5, 5.41) is 2.62. The molecule has 5 rings (SSSR count). The van der Waals surface area contributed by atoms with Crippen LogP contribution in [0, 0.1) is 6.92 Å². The van der Waals surface area contributed by atoms with Gasteiger partial charge in [-0.05, 0) is 73.7 Å². The van der Waals surface area contributed by atoms with Crippen molar-refractivity contribution in [2.75, 3.05) is 48.4 Å². The first kappa shape index (κ1) is 27.0. The van der Waals surface area contributed by atoms with E-state index in [1.54, 1.807) is 13.2 Å². The molecule has 206 valence electrons. The minimum Gasteiger partial charge on any atom is -0.380 e. The predicted molar refractivity (Wildman–Crippen MR) is 147 cm³/mol. The van der Waals surface area contributed by atoms with Crippen LogP contribution in [0.3, 0.4) is 0 Å². The number of ether oxygens (including phenoxy) is 1. The highest BCUT2D eigenvalue weighted by Gasteiger charge is 2.31. The number of nitrogens with zero attached hydrogens (tertiary/aromatic N) is 3. The van der Waals surface area contributed by atoms with Gasteiger partial charge in [0.1, 0.15) is 0 Å². The molecule has 3 heterocycles. The molecule has 1 N–H and O–H groups in total. The number of aryl methyl sites for hydroxylation is 1. The van der Waals surface area contributed by atoms with Gasteiger partial charge in [-0.1, -0.05) is 12.1 Å². The van der Waals surface area contributed by atoms with Gasteiger partial charge in [0.2, 0.25) is 0 Å². The van der Waals surface area contributed by atoms with E-state index in [1.165, 1.54) is 12.1 Å². The lowest BCUT2D eigenvalue weighted by molar-refractivity contribution is -0.137. The number of halogens is 3. The zero-order valence-corrected chi connectivity index (χ0v) is 22.2. The van der Waals surface area contributed by atoms with Crippen molar-refractivity contribution in [1.82, 2.24) is 4.98 Å². The number of carbonyl (C=O) groups is 1. The van der Waals surface area contributed by atoms with Gasteiger partial charge in [-0.2, -0.15) is 13.2 Å². The van der Waals surface area contributed by atoms with E-state index in [-0.39, 0.29) is 17.7 Å². The van der Waals surface area contributed by atoms with Crippen LogP contribution in [0.25, 0.3) is 0 Å². The fourth-order valence-corrected chi connectivity index (χ4v) is 5.57. The molecule has 3 aromatic rings. The van der Waals surface area contributed by atoms with Crippen LogP contribution in [0.1, 0.15) is 52.2 Å². The zero-order valence-electron chi connectivity index (χ0n) is 22.2. The number of methoxy groups -OCH3 is 1. The first-order valence-corrected chi connectivity index (χ1v) is 13.3. The highest BCUT2D eigenvalue weighted by Crippen LogP contribution is 2.35. The van der Waals surface area contributed by atoms with Crippen molar-refractivity contribution >= 4 is 23.0 Å². The molecule has 2 saturated heterocycles. The lowest BCUT2D eigenvalue weighted by Crippen LogP contribution is -2.39. The van der Waals surface area contributed by atoms with E-state index in [9.17, 15) is 18.0 Å². The third-order valence-electron chi connectivity index (χ3n) is 7.77. The molecule has 2 atom stereocenters. The molecule has 2 aromatic carbocycles. The molecule has 1 aromatic heterocycles. The molecular weight excluding hydrogens is 505 g/mol. The number of aromatic nitrogens is 1. The van der Waals surface area contributed by atoms with Crippen molar-refractivity contribution < 1.29 is 22.7 Å². The van der Waals surface area contributed by atoms with Crippen LogP contribution in [0.4, 0.5) is 30.2 Å². The Balaban J connectivity index is 1.28. The maximum atomic E-state index is 13.1. The van der Waals surface area contributed by atoms with Crippen LogP contribution < -0.4 is 15.1 Å². The monoisotopic (exact) mass is 538 g/mol. The molecule has 9 heteroatoms. The van der Waals surface area contributed by atoms with Crippen molar-refractivity contribution in [1.29, 1.82) is 0 Å². The van der Waals surface area contributed by atoms with Crippen LogP contribution in [0.2, 0.25) is 0 Å². The number of anilines is 3. The largest absolute Gasteiger partial charge is 0.416 e. The van der Waals surface area contributed by atoms with E-state index in [0.29, 0.717) is 5.56 Å². The first-order valence-electron chi connectivity index (χ1n) is 13.3. The SMILES string of the molecule is CO[C@@H]1CCCN(c2cncc(N3CC[C@@H](c4cc(C(=O)Nc5cccc(C(F)(F)F)c5)ccc4C)C3)c2)C1. The van der Waals surface area contributed by atoms with Crippen LogP contribution >= 0.6 is 0 Å². The third-order valence-corrected chi connectivity index (χ3v) is 7.77. The van der Waals surface area contributed by atoms with Crippen LogP contribution in [-0.4, -0.2) is 50.3 Å². The Morgan fingerprint density at radius 2 is 1.77 bits per heavy atom. The Bertz CT molecular complexity index is 1330. The maximum absolute atomic E-state index is 13.1. The van der Waals surface area contributed by atoms with E-state index in [1.807, 2.05) is 31.5 Å². The van der Waals surface area contributed by atoms with Gasteiger partial charge in [0.25, 0.3) is 5.91 Å². The zero-order chi connectivity index (χ0) is 27.6. The average molecular weight is 539 g/mol. The van der Waals surface area contributed by atoms with Gasteiger partial charge in [-0.3, -0.25) is 9.78 Å². The molecule has 39 heavy (non-hydrogen) atoms. The second kappa shape index (κ2) is 11.3. The molecule has 6 nitrogen and oxygen atoms in total. The number of benzene rings is 2. The molecule has 0 unspecified atom stereocenters. The van der Waals surface area contributed by atoms with Gasteiger partial charge in [0.05, 0.1) is 35.4 Å². The molecule has 0 radical (unpaired) electrons. The highest BCUT2D eigenvalue weighted by atomic mass is 19.4. The Hall–Kier alpha value is -3.59. The molecule has 2 fully saturated rings. The molecule has 0 saturated carbocycles. The summed E-state index contributed by atoms with van der Waals surface area (Å²) in [5.74, 6) is -0.207. The quantitative estimate of drug-likeness (QED) is 0.401. The Morgan fingerprint density at radius 3 is 2.51 bits per heavy atom. The molecule has 1 amide bonds. The summed E-state index contributed by atoms with van der Waals surface area (Å²) >= 11 is 0. The van der Waals surface area contributed by atoms with E-state index >= 15 is 0 Å². The number of alkyl halides is 3. The van der Waals surface area contributed by atoms with E-state index < -0.39 is 17.6 Å². The Kier molecular flexibility index (Phi) is 7.79. The summed E-state index contributed by atoms with van der Waals surface area (Å²) in [6.45, 7) is 5.54. The maximum Gasteiger partial charge on any atom is 0.416 e. The summed E-state index contributed by atoms with van der Waals surface area (Å²) < 4.78 is 44.8. The molecule has 0 aliphatic carbocycles. The number of hydrogen-bond acceptors (Lipinski definition) is 5. The average Bonchev–Trinajstić information content (AvgIpc) is 3.43. The Morgan fingerprint density at radius 1 is 1.00 bits per heavy atom. The number of amides is 1. The van der Waals surface area contributed by atoms with E-state index in [4.69, 9.17) is 4.74 Å². The second-order valence-corrected chi connectivity index (χ2v) is 10.4. The van der Waals surface area contributed by atoms with Gasteiger partial charge in [0, 0.05) is 50.5 Å². The second-order valence-electron chi connectivity index (χ2n) is 10.4. The van der Waals surface area contributed by atoms with Crippen molar-refractivity contribution in [2.24, 2.45) is 0 Å². The standard InChI is InChI=1S/C30H33F3N4O2/c1-20-8-9-21(29(38)35-24-6-3-5-23(14-24)30(31,32)33)13-28(20)22-10-12-37(18-22)26-15-25(16-34-17-26)36-11-4-7-27(19-36)39-2/h3,5-6,8-9,13-17,22,27H,4,7,10-12,18-19H2,1-2H3,(H,35,38)/t22-,27-/m1/s1. The fraction of sp³-hybridized carbons (Fsp3) is 0.400. The van der Waals surface area contributed by atoms with Gasteiger partial charge >= 0.3 is 6.18 Å². The van der Waals surface area contributed by atoms with Crippen LogP contribution in [0.5, 0.6) is 0 Å². The number of piperidine rings is 1. The highest BCUT2D eigenvalue weighted by molar-refractivity contribution is 6.04. The molecule has 2 aliphatic heterocycles. The number of carbonyl (C=O) groups excluding carboxylic acids is 1. The number of pyridine rings is 1. The summed E-state index contributed by atoms with van der Waals surface area (Å²) in [6, 6.07) is 12.4. The lowest BCUT2D eigenvalue weighted by Gasteiger charge is -2.34. The topological polar surface area (TPSA) is 57.7 Å². The third kappa shape index (κ3) is 6.19. The van der Waals surface area contributed by atoms with Crippen molar-refractivity contribution in [2.45, 2.75) is 44.4 Å². The minimum absolute atomic E-state index is 0.113. The minimum atomic E-state index is -4.47. The van der Waals surface area contributed by atoms with Crippen molar-refractivity contribution in [3.8, 4) is 0 Å². The summed E-state index contributed by atoms with van der Waals surface area (Å²) in [6.07, 6.45) is 2.66. The van der Waals surface area contributed by atoms with Crippen LogP contribution in [0.15, 0.2) is 60.9 Å². The summed E-state index contributed by atoms with van der Waals surface area (Å²) in [4.78, 5) is 22.1. The fourth-order valence-electron chi connectivity index (χ4n) is 5.57.